The molecule has 1 heterocycles. The molecule has 0 radical (unpaired) electrons. The maximum atomic E-state index is 9.79. The van der Waals surface area contributed by atoms with Gasteiger partial charge in [-0.3, -0.25) is 0 Å². The average molecular weight is 267 g/mol. The van der Waals surface area contributed by atoms with E-state index in [-0.39, 0.29) is 16.7 Å². The number of hydrogen-bond acceptors (Lipinski definition) is 2. The fourth-order valence-corrected chi connectivity index (χ4v) is 4.58. The molecule has 2 rings (SSSR count). The van der Waals surface area contributed by atoms with Crippen LogP contribution in [-0.4, -0.2) is 16.6 Å². The molecule has 1 aliphatic rings. The molecule has 0 aromatic heterocycles. The van der Waals surface area contributed by atoms with Crippen molar-refractivity contribution in [3.05, 3.63) is 40.6 Å². The van der Waals surface area contributed by atoms with E-state index in [4.69, 9.17) is 16.9 Å². The van der Waals surface area contributed by atoms with Crippen molar-refractivity contribution in [1.82, 2.24) is 0 Å². The zero-order valence-corrected chi connectivity index (χ0v) is 10.9. The number of aliphatic hydroxyl groups excluding tert-OH is 1. The molecule has 1 fully saturated rings. The van der Waals surface area contributed by atoms with Crippen LogP contribution in [0.2, 0.25) is 5.02 Å². The third-order valence-electron chi connectivity index (χ3n) is 2.75. The highest BCUT2D eigenvalue weighted by Crippen LogP contribution is 2.32. The highest BCUT2D eigenvalue weighted by atomic mass is 35.5. The number of nitriles is 1. The van der Waals surface area contributed by atoms with Gasteiger partial charge in [-0.2, -0.15) is 5.26 Å². The van der Waals surface area contributed by atoms with Crippen LogP contribution in [0.15, 0.2) is 30.0 Å². The van der Waals surface area contributed by atoms with Gasteiger partial charge in [-0.05, 0) is 37.1 Å². The van der Waals surface area contributed by atoms with Gasteiger partial charge in [-0.1, -0.05) is 11.6 Å². The van der Waals surface area contributed by atoms with E-state index in [2.05, 4.69) is 0 Å². The first-order valence-electron chi connectivity index (χ1n) is 5.49. The standard InChI is InChI=1S/C13H12ClNOS/c14-11-5-3-10(4-6-11)13(12(16)9-15)17-7-1-2-8-17/h3-6H,1-2,7-8H2/p+1/b13-12+. The molecular formula is C13H13ClNOS+. The Bertz CT molecular complexity index is 469. The molecule has 1 aromatic carbocycles. The molecule has 17 heavy (non-hydrogen) atoms. The van der Waals surface area contributed by atoms with Gasteiger partial charge < -0.3 is 5.11 Å². The number of rotatable bonds is 2. The fourth-order valence-electron chi connectivity index (χ4n) is 1.95. The van der Waals surface area contributed by atoms with Crippen LogP contribution in [0.4, 0.5) is 0 Å². The molecule has 0 amide bonds. The molecule has 2 nitrogen and oxygen atoms in total. The Labute approximate surface area is 109 Å². The molecule has 1 aromatic rings. The number of benzene rings is 1. The summed E-state index contributed by atoms with van der Waals surface area (Å²) in [5.74, 6) is 2.01. The van der Waals surface area contributed by atoms with Crippen LogP contribution in [0.25, 0.3) is 4.91 Å². The molecule has 1 N–H and O–H groups in total. The summed E-state index contributed by atoms with van der Waals surface area (Å²) in [7, 11) is 0.0114. The van der Waals surface area contributed by atoms with Crippen molar-refractivity contribution in [2.24, 2.45) is 0 Å². The minimum Gasteiger partial charge on any atom is -0.496 e. The summed E-state index contributed by atoms with van der Waals surface area (Å²) >= 11 is 5.85. The average Bonchev–Trinajstić information content (AvgIpc) is 2.85. The fraction of sp³-hybridized carbons (Fsp3) is 0.308. The monoisotopic (exact) mass is 266 g/mol. The van der Waals surface area contributed by atoms with Gasteiger partial charge in [0.2, 0.25) is 4.91 Å². The van der Waals surface area contributed by atoms with E-state index in [1.54, 1.807) is 12.1 Å². The van der Waals surface area contributed by atoms with Gasteiger partial charge in [-0.15, -0.1) is 0 Å². The molecule has 0 saturated carbocycles. The molecule has 0 spiro atoms. The van der Waals surface area contributed by atoms with Crippen molar-refractivity contribution < 1.29 is 5.11 Å². The van der Waals surface area contributed by atoms with Crippen molar-refractivity contribution in [3.8, 4) is 6.07 Å². The molecule has 4 heteroatoms. The normalized spacial score (nSPS) is 17.6. The van der Waals surface area contributed by atoms with Gasteiger partial charge in [0.05, 0.1) is 0 Å². The molecular weight excluding hydrogens is 254 g/mol. The zero-order valence-electron chi connectivity index (χ0n) is 9.32. The first-order chi connectivity index (χ1) is 8.22. The summed E-state index contributed by atoms with van der Waals surface area (Å²) in [5, 5.41) is 19.4. The lowest BCUT2D eigenvalue weighted by molar-refractivity contribution is 0.441. The van der Waals surface area contributed by atoms with Crippen molar-refractivity contribution in [1.29, 1.82) is 5.26 Å². The highest BCUT2D eigenvalue weighted by Gasteiger charge is 2.33. The summed E-state index contributed by atoms with van der Waals surface area (Å²) in [4.78, 5) is 0.807. The Morgan fingerprint density at radius 2 is 1.82 bits per heavy atom. The van der Waals surface area contributed by atoms with E-state index in [9.17, 15) is 5.11 Å². The number of aliphatic hydroxyl groups is 1. The number of hydrogen-bond donors (Lipinski definition) is 1. The van der Waals surface area contributed by atoms with Crippen LogP contribution in [-0.2, 0) is 10.9 Å². The Morgan fingerprint density at radius 1 is 1.24 bits per heavy atom. The molecule has 1 aliphatic heterocycles. The van der Waals surface area contributed by atoms with Crippen LogP contribution in [0.1, 0.15) is 18.4 Å². The summed E-state index contributed by atoms with van der Waals surface area (Å²) in [5.41, 5.74) is 0.915. The van der Waals surface area contributed by atoms with E-state index in [1.807, 2.05) is 18.2 Å². The van der Waals surface area contributed by atoms with Crippen LogP contribution >= 0.6 is 11.6 Å². The molecule has 1 saturated heterocycles. The minimum absolute atomic E-state index is 0.0114. The van der Waals surface area contributed by atoms with Crippen molar-refractivity contribution in [2.45, 2.75) is 12.8 Å². The van der Waals surface area contributed by atoms with E-state index in [0.29, 0.717) is 5.02 Å². The van der Waals surface area contributed by atoms with E-state index in [1.165, 1.54) is 12.8 Å². The topological polar surface area (TPSA) is 44.0 Å². The third kappa shape index (κ3) is 2.77. The summed E-state index contributed by atoms with van der Waals surface area (Å²) in [6, 6.07) is 9.19. The minimum atomic E-state index is -0.141. The predicted molar refractivity (Wildman–Crippen MR) is 72.9 cm³/mol. The first kappa shape index (κ1) is 12.3. The summed E-state index contributed by atoms with van der Waals surface area (Å²) < 4.78 is 0. The van der Waals surface area contributed by atoms with Crippen LogP contribution < -0.4 is 0 Å². The van der Waals surface area contributed by atoms with Crippen LogP contribution in [0.3, 0.4) is 0 Å². The third-order valence-corrected chi connectivity index (χ3v) is 5.57. The Hall–Kier alpha value is -1.11. The van der Waals surface area contributed by atoms with E-state index in [0.717, 1.165) is 22.0 Å². The lowest BCUT2D eigenvalue weighted by atomic mass is 10.2. The largest absolute Gasteiger partial charge is 0.496 e. The molecule has 88 valence electrons. The molecule has 0 aliphatic carbocycles. The lowest BCUT2D eigenvalue weighted by Crippen LogP contribution is -2.08. The Morgan fingerprint density at radius 3 is 2.35 bits per heavy atom. The lowest BCUT2D eigenvalue weighted by Gasteiger charge is -2.06. The SMILES string of the molecule is N#C/C(O)=C(/c1ccc(Cl)cc1)[S+]1CCCC1. The van der Waals surface area contributed by atoms with Gasteiger partial charge in [0.1, 0.15) is 17.6 Å². The molecule has 0 bridgehead atoms. The van der Waals surface area contributed by atoms with Gasteiger partial charge in [0.15, 0.2) is 0 Å². The van der Waals surface area contributed by atoms with E-state index < -0.39 is 0 Å². The quantitative estimate of drug-likeness (QED) is 0.385. The first-order valence-corrected chi connectivity index (χ1v) is 7.43. The molecule has 0 unspecified atom stereocenters. The van der Waals surface area contributed by atoms with Gasteiger partial charge >= 0.3 is 0 Å². The maximum absolute atomic E-state index is 9.79. The second kappa shape index (κ2) is 5.48. The second-order valence-electron chi connectivity index (χ2n) is 3.90. The van der Waals surface area contributed by atoms with Crippen LogP contribution in [0, 0.1) is 11.3 Å². The number of allylic oxidation sites excluding steroid dienone is 1. The van der Waals surface area contributed by atoms with Crippen LogP contribution in [0.5, 0.6) is 0 Å². The molecule has 0 atom stereocenters. The predicted octanol–water partition coefficient (Wildman–Crippen LogP) is 3.50. The van der Waals surface area contributed by atoms with Crippen molar-refractivity contribution >= 4 is 27.4 Å². The second-order valence-corrected chi connectivity index (χ2v) is 6.55. The van der Waals surface area contributed by atoms with Crippen molar-refractivity contribution in [2.75, 3.05) is 11.5 Å². The van der Waals surface area contributed by atoms with E-state index >= 15 is 0 Å². The van der Waals surface area contributed by atoms with Gasteiger partial charge in [0.25, 0.3) is 5.76 Å². The Kier molecular flexibility index (Phi) is 3.98. The Balaban J connectivity index is 2.41. The van der Waals surface area contributed by atoms with Gasteiger partial charge in [-0.25, -0.2) is 0 Å². The van der Waals surface area contributed by atoms with Gasteiger partial charge in [0, 0.05) is 21.5 Å². The summed E-state index contributed by atoms with van der Waals surface area (Å²) in [6.45, 7) is 0. The number of halogens is 1. The zero-order chi connectivity index (χ0) is 12.3. The maximum Gasteiger partial charge on any atom is 0.251 e. The summed E-state index contributed by atoms with van der Waals surface area (Å²) in [6.07, 6.45) is 2.36. The highest BCUT2D eigenvalue weighted by molar-refractivity contribution is 8.05. The number of nitrogens with zero attached hydrogens (tertiary/aromatic N) is 1. The van der Waals surface area contributed by atoms with Crippen molar-refractivity contribution in [3.63, 3.8) is 0 Å². The smallest absolute Gasteiger partial charge is 0.251 e.